The molecule has 18 heavy (non-hydrogen) atoms. The molecule has 1 amide bonds. The first kappa shape index (κ1) is 14.5. The van der Waals surface area contributed by atoms with Crippen LogP contribution in [0.25, 0.3) is 0 Å². The molecule has 0 aliphatic carbocycles. The quantitative estimate of drug-likeness (QED) is 0.746. The molecule has 1 aromatic carbocycles. The standard InChI is InChI=1S/C15H22N2O/c1-3-10-17(15(18)13(2)12-16)11-9-14-7-5-4-6-8-14/h3-8,13H,1,9-12,16H2,2H3. The van der Waals surface area contributed by atoms with Crippen molar-refractivity contribution in [1.82, 2.24) is 4.90 Å². The number of rotatable bonds is 7. The summed E-state index contributed by atoms with van der Waals surface area (Å²) in [6.07, 6.45) is 2.61. The summed E-state index contributed by atoms with van der Waals surface area (Å²) in [6.45, 7) is 7.23. The molecule has 3 heteroatoms. The molecule has 0 aliphatic rings. The van der Waals surface area contributed by atoms with Gasteiger partial charge in [0.05, 0.1) is 0 Å². The Hall–Kier alpha value is -1.61. The Bertz CT molecular complexity index is 375. The van der Waals surface area contributed by atoms with Gasteiger partial charge in [0, 0.05) is 25.6 Å². The van der Waals surface area contributed by atoms with Crippen LogP contribution in [0.3, 0.4) is 0 Å². The zero-order chi connectivity index (χ0) is 13.4. The summed E-state index contributed by atoms with van der Waals surface area (Å²) in [7, 11) is 0. The van der Waals surface area contributed by atoms with Gasteiger partial charge in [-0.15, -0.1) is 6.58 Å². The van der Waals surface area contributed by atoms with E-state index in [1.54, 1.807) is 6.08 Å². The maximum absolute atomic E-state index is 12.1. The van der Waals surface area contributed by atoms with Crippen molar-refractivity contribution in [3.05, 3.63) is 48.6 Å². The fourth-order valence-electron chi connectivity index (χ4n) is 1.77. The topological polar surface area (TPSA) is 46.3 Å². The molecule has 1 unspecified atom stereocenters. The van der Waals surface area contributed by atoms with Crippen LogP contribution in [-0.2, 0) is 11.2 Å². The number of carbonyl (C=O) groups excluding carboxylic acids is 1. The summed E-state index contributed by atoms with van der Waals surface area (Å²) in [5.41, 5.74) is 6.78. The fourth-order valence-corrected chi connectivity index (χ4v) is 1.77. The van der Waals surface area contributed by atoms with E-state index in [1.807, 2.05) is 30.0 Å². The third-order valence-corrected chi connectivity index (χ3v) is 2.95. The Labute approximate surface area is 109 Å². The maximum Gasteiger partial charge on any atom is 0.226 e. The minimum Gasteiger partial charge on any atom is -0.338 e. The molecule has 98 valence electrons. The largest absolute Gasteiger partial charge is 0.338 e. The second kappa shape index (κ2) is 7.67. The predicted molar refractivity (Wildman–Crippen MR) is 75.1 cm³/mol. The van der Waals surface area contributed by atoms with Gasteiger partial charge in [0.15, 0.2) is 0 Å². The van der Waals surface area contributed by atoms with Crippen LogP contribution < -0.4 is 5.73 Å². The number of carbonyl (C=O) groups is 1. The second-order valence-electron chi connectivity index (χ2n) is 4.45. The van der Waals surface area contributed by atoms with Crippen LogP contribution in [0.5, 0.6) is 0 Å². The van der Waals surface area contributed by atoms with Crippen molar-refractivity contribution in [3.8, 4) is 0 Å². The molecule has 0 saturated heterocycles. The van der Waals surface area contributed by atoms with Crippen LogP contribution in [0.2, 0.25) is 0 Å². The van der Waals surface area contributed by atoms with Crippen molar-refractivity contribution in [1.29, 1.82) is 0 Å². The molecule has 0 aromatic heterocycles. The first-order valence-corrected chi connectivity index (χ1v) is 6.32. The van der Waals surface area contributed by atoms with Crippen LogP contribution in [0.15, 0.2) is 43.0 Å². The van der Waals surface area contributed by atoms with Crippen molar-refractivity contribution in [2.24, 2.45) is 11.7 Å². The summed E-state index contributed by atoms with van der Waals surface area (Å²) in [6, 6.07) is 10.2. The zero-order valence-corrected chi connectivity index (χ0v) is 11.0. The highest BCUT2D eigenvalue weighted by atomic mass is 16.2. The van der Waals surface area contributed by atoms with Gasteiger partial charge in [-0.05, 0) is 12.0 Å². The SMILES string of the molecule is C=CCN(CCc1ccccc1)C(=O)C(C)CN. The zero-order valence-electron chi connectivity index (χ0n) is 11.0. The summed E-state index contributed by atoms with van der Waals surface area (Å²) >= 11 is 0. The Balaban J connectivity index is 2.58. The maximum atomic E-state index is 12.1. The Morgan fingerprint density at radius 1 is 1.44 bits per heavy atom. The lowest BCUT2D eigenvalue weighted by molar-refractivity contribution is -0.134. The van der Waals surface area contributed by atoms with Crippen LogP contribution >= 0.6 is 0 Å². The molecule has 0 radical (unpaired) electrons. The summed E-state index contributed by atoms with van der Waals surface area (Å²) in [5.74, 6) is -0.0194. The molecule has 3 nitrogen and oxygen atoms in total. The number of hydrogen-bond donors (Lipinski definition) is 1. The van der Waals surface area contributed by atoms with Crippen LogP contribution in [-0.4, -0.2) is 30.4 Å². The first-order valence-electron chi connectivity index (χ1n) is 6.32. The highest BCUT2D eigenvalue weighted by Gasteiger charge is 2.17. The molecule has 1 atom stereocenters. The fraction of sp³-hybridized carbons (Fsp3) is 0.400. The van der Waals surface area contributed by atoms with Gasteiger partial charge >= 0.3 is 0 Å². The number of nitrogens with zero attached hydrogens (tertiary/aromatic N) is 1. The highest BCUT2D eigenvalue weighted by Crippen LogP contribution is 2.05. The van der Waals surface area contributed by atoms with Crippen molar-refractivity contribution in [2.45, 2.75) is 13.3 Å². The van der Waals surface area contributed by atoms with E-state index in [0.717, 1.165) is 6.42 Å². The molecule has 1 aromatic rings. The second-order valence-corrected chi connectivity index (χ2v) is 4.45. The molecule has 0 spiro atoms. The molecule has 0 fully saturated rings. The first-order chi connectivity index (χ1) is 8.69. The highest BCUT2D eigenvalue weighted by molar-refractivity contribution is 5.78. The van der Waals surface area contributed by atoms with Gasteiger partial charge in [0.2, 0.25) is 5.91 Å². The lowest BCUT2D eigenvalue weighted by Crippen LogP contribution is -2.39. The van der Waals surface area contributed by atoms with Gasteiger partial charge in [0.25, 0.3) is 0 Å². The molecular formula is C15H22N2O. The molecule has 2 N–H and O–H groups in total. The van der Waals surface area contributed by atoms with Crippen LogP contribution in [0.4, 0.5) is 0 Å². The summed E-state index contributed by atoms with van der Waals surface area (Å²) in [5, 5.41) is 0. The molecular weight excluding hydrogens is 224 g/mol. The van der Waals surface area contributed by atoms with Crippen LogP contribution in [0.1, 0.15) is 12.5 Å². The average Bonchev–Trinajstić information content (AvgIpc) is 2.43. The van der Waals surface area contributed by atoms with Gasteiger partial charge < -0.3 is 10.6 Å². The van der Waals surface area contributed by atoms with Crippen molar-refractivity contribution >= 4 is 5.91 Å². The number of nitrogens with two attached hydrogens (primary N) is 1. The summed E-state index contributed by atoms with van der Waals surface area (Å²) < 4.78 is 0. The normalized spacial score (nSPS) is 11.9. The Morgan fingerprint density at radius 2 is 2.11 bits per heavy atom. The lowest BCUT2D eigenvalue weighted by Gasteiger charge is -2.24. The molecule has 0 aliphatic heterocycles. The minimum absolute atomic E-state index is 0.105. The molecule has 0 heterocycles. The van der Waals surface area contributed by atoms with Gasteiger partial charge in [-0.25, -0.2) is 0 Å². The van der Waals surface area contributed by atoms with E-state index in [4.69, 9.17) is 5.73 Å². The van der Waals surface area contributed by atoms with Gasteiger partial charge in [-0.1, -0.05) is 43.3 Å². The lowest BCUT2D eigenvalue weighted by atomic mass is 10.1. The van der Waals surface area contributed by atoms with E-state index in [9.17, 15) is 4.79 Å². The summed E-state index contributed by atoms with van der Waals surface area (Å²) in [4.78, 5) is 13.9. The molecule has 0 bridgehead atoms. The van der Waals surface area contributed by atoms with Crippen LogP contribution in [0, 0.1) is 5.92 Å². The van der Waals surface area contributed by atoms with Crippen molar-refractivity contribution in [3.63, 3.8) is 0 Å². The van der Waals surface area contributed by atoms with Gasteiger partial charge in [-0.2, -0.15) is 0 Å². The monoisotopic (exact) mass is 246 g/mol. The third-order valence-electron chi connectivity index (χ3n) is 2.95. The number of hydrogen-bond acceptors (Lipinski definition) is 2. The van der Waals surface area contributed by atoms with E-state index in [2.05, 4.69) is 18.7 Å². The number of benzene rings is 1. The van der Waals surface area contributed by atoms with Crippen molar-refractivity contribution in [2.75, 3.05) is 19.6 Å². The van der Waals surface area contributed by atoms with E-state index in [1.165, 1.54) is 5.56 Å². The number of amides is 1. The van der Waals surface area contributed by atoms with E-state index in [0.29, 0.717) is 19.6 Å². The molecule has 1 rings (SSSR count). The van der Waals surface area contributed by atoms with E-state index >= 15 is 0 Å². The van der Waals surface area contributed by atoms with E-state index < -0.39 is 0 Å². The minimum atomic E-state index is -0.124. The Kier molecular flexibility index (Phi) is 6.15. The van der Waals surface area contributed by atoms with Gasteiger partial charge in [0.1, 0.15) is 0 Å². The van der Waals surface area contributed by atoms with Crippen molar-refractivity contribution < 1.29 is 4.79 Å². The smallest absolute Gasteiger partial charge is 0.226 e. The third kappa shape index (κ3) is 4.34. The predicted octanol–water partition coefficient (Wildman–Crippen LogP) is 1.84. The molecule has 0 saturated carbocycles. The Morgan fingerprint density at radius 3 is 2.67 bits per heavy atom. The van der Waals surface area contributed by atoms with E-state index in [-0.39, 0.29) is 11.8 Å². The average molecular weight is 246 g/mol. The van der Waals surface area contributed by atoms with Gasteiger partial charge in [-0.3, -0.25) is 4.79 Å².